The minimum Gasteiger partial charge on any atom is -0.463 e. The number of aliphatic hydroxyl groups excluding tert-OH is 1. The van der Waals surface area contributed by atoms with Crippen LogP contribution < -0.4 is 5.32 Å². The number of ether oxygens (including phenoxy) is 1. The van der Waals surface area contributed by atoms with Crippen molar-refractivity contribution < 1.29 is 37.9 Å². The lowest BCUT2D eigenvalue weighted by molar-refractivity contribution is -0.147. The van der Waals surface area contributed by atoms with E-state index in [0.717, 1.165) is 38.5 Å². The summed E-state index contributed by atoms with van der Waals surface area (Å²) >= 11 is 0. The molecule has 0 fully saturated rings. The summed E-state index contributed by atoms with van der Waals surface area (Å²) < 4.78 is 26.9. The maximum absolute atomic E-state index is 12.1. The van der Waals surface area contributed by atoms with Crippen molar-refractivity contribution in [2.75, 3.05) is 26.4 Å². The minimum absolute atomic E-state index is 0.0886. The first kappa shape index (κ1) is 53.0. The number of phosphoric ester groups is 1. The van der Waals surface area contributed by atoms with E-state index < -0.39 is 26.5 Å². The first-order valence-electron chi connectivity index (χ1n) is 23.0. The van der Waals surface area contributed by atoms with Gasteiger partial charge in [0.25, 0.3) is 0 Å². The highest BCUT2D eigenvalue weighted by atomic mass is 31.2. The van der Waals surface area contributed by atoms with Crippen LogP contribution in [0.2, 0.25) is 0 Å². The summed E-state index contributed by atoms with van der Waals surface area (Å²) in [4.78, 5) is 33.9. The van der Waals surface area contributed by atoms with Gasteiger partial charge >= 0.3 is 13.8 Å². The van der Waals surface area contributed by atoms with Gasteiger partial charge in [0.1, 0.15) is 12.7 Å². The van der Waals surface area contributed by atoms with E-state index in [1.807, 2.05) is 0 Å². The number of esters is 1. The van der Waals surface area contributed by atoms with Crippen molar-refractivity contribution in [3.63, 3.8) is 0 Å². The summed E-state index contributed by atoms with van der Waals surface area (Å²) in [5.74, 6) is -0.502. The normalized spacial score (nSPS) is 13.2. The second kappa shape index (κ2) is 41.6. The lowest BCUT2D eigenvalue weighted by Gasteiger charge is -2.15. The molecule has 0 rings (SSSR count). The number of hydrogen-bond donors (Lipinski definition) is 3. The lowest BCUT2D eigenvalue weighted by atomic mass is 10.0. The Morgan fingerprint density at radius 2 is 0.833 bits per heavy atom. The van der Waals surface area contributed by atoms with E-state index in [1.165, 1.54) is 173 Å². The van der Waals surface area contributed by atoms with Gasteiger partial charge in [0, 0.05) is 19.4 Å². The molecular weight excluding hydrogens is 701 g/mol. The molecule has 9 nitrogen and oxygen atoms in total. The standard InChI is InChI=1S/C44H88NO8P/c1-3-5-7-9-11-13-15-17-19-20-21-23-24-26-28-30-32-34-36-43(47)45-38-39-52-54(49,50)53-41-42(46)40-51-44(48)37-35-33-31-29-27-25-22-18-16-14-12-10-8-6-4-2/h42,46H,3-41H2,1-2H3,(H,45,47)(H,49,50). The van der Waals surface area contributed by atoms with Gasteiger partial charge in [0.2, 0.25) is 5.91 Å². The molecule has 54 heavy (non-hydrogen) atoms. The van der Waals surface area contributed by atoms with Gasteiger partial charge < -0.3 is 20.1 Å². The summed E-state index contributed by atoms with van der Waals surface area (Å²) in [5.41, 5.74) is 0. The Bertz CT molecular complexity index is 860. The van der Waals surface area contributed by atoms with E-state index in [-0.39, 0.29) is 25.7 Å². The second-order valence-corrected chi connectivity index (χ2v) is 17.2. The van der Waals surface area contributed by atoms with Gasteiger partial charge in [-0.25, -0.2) is 4.57 Å². The summed E-state index contributed by atoms with van der Waals surface area (Å²) in [7, 11) is -4.41. The fourth-order valence-electron chi connectivity index (χ4n) is 6.79. The van der Waals surface area contributed by atoms with Crippen LogP contribution >= 0.6 is 7.82 Å². The third-order valence-electron chi connectivity index (χ3n) is 10.3. The highest BCUT2D eigenvalue weighted by molar-refractivity contribution is 7.47. The van der Waals surface area contributed by atoms with Crippen molar-refractivity contribution >= 4 is 19.7 Å². The largest absolute Gasteiger partial charge is 0.472 e. The quantitative estimate of drug-likeness (QED) is 0.0316. The number of amides is 1. The van der Waals surface area contributed by atoms with Crippen LogP contribution in [0.25, 0.3) is 0 Å². The van der Waals surface area contributed by atoms with Gasteiger partial charge in [0.15, 0.2) is 0 Å². The fraction of sp³-hybridized carbons (Fsp3) is 0.955. The molecular formula is C44H88NO8P. The Hall–Kier alpha value is -0.990. The topological polar surface area (TPSA) is 131 Å². The number of hydrogen-bond acceptors (Lipinski definition) is 7. The van der Waals surface area contributed by atoms with Crippen LogP contribution in [0, 0.1) is 0 Å². The monoisotopic (exact) mass is 790 g/mol. The van der Waals surface area contributed by atoms with E-state index >= 15 is 0 Å². The zero-order chi connectivity index (χ0) is 39.6. The predicted octanol–water partition coefficient (Wildman–Crippen LogP) is 12.8. The molecule has 0 radical (unpaired) electrons. The van der Waals surface area contributed by atoms with Crippen LogP contribution in [0.4, 0.5) is 0 Å². The molecule has 322 valence electrons. The van der Waals surface area contributed by atoms with Crippen LogP contribution in [0.3, 0.4) is 0 Å². The van der Waals surface area contributed by atoms with Crippen LogP contribution in [0.5, 0.6) is 0 Å². The Balaban J connectivity index is 3.53. The minimum atomic E-state index is -4.41. The Kier molecular flexibility index (Phi) is 40.9. The molecule has 0 spiro atoms. The van der Waals surface area contributed by atoms with Crippen molar-refractivity contribution in [2.24, 2.45) is 0 Å². The zero-order valence-corrected chi connectivity index (χ0v) is 36.3. The number of rotatable bonds is 44. The second-order valence-electron chi connectivity index (χ2n) is 15.7. The van der Waals surface area contributed by atoms with Crippen molar-refractivity contribution in [3.8, 4) is 0 Å². The van der Waals surface area contributed by atoms with E-state index in [2.05, 4.69) is 19.2 Å². The molecule has 0 saturated carbocycles. The van der Waals surface area contributed by atoms with Crippen molar-refractivity contribution in [3.05, 3.63) is 0 Å². The van der Waals surface area contributed by atoms with Crippen LogP contribution in [-0.2, 0) is 27.9 Å². The van der Waals surface area contributed by atoms with Gasteiger partial charge in [-0.15, -0.1) is 0 Å². The van der Waals surface area contributed by atoms with Crippen molar-refractivity contribution in [1.29, 1.82) is 0 Å². The van der Waals surface area contributed by atoms with Gasteiger partial charge in [0.05, 0.1) is 13.2 Å². The van der Waals surface area contributed by atoms with Gasteiger partial charge in [-0.2, -0.15) is 0 Å². The third-order valence-corrected chi connectivity index (χ3v) is 11.3. The molecule has 0 aliphatic rings. The molecule has 0 aliphatic carbocycles. The Morgan fingerprint density at radius 1 is 0.500 bits per heavy atom. The van der Waals surface area contributed by atoms with Crippen molar-refractivity contribution in [2.45, 2.75) is 245 Å². The maximum Gasteiger partial charge on any atom is 0.472 e. The lowest BCUT2D eigenvalue weighted by Crippen LogP contribution is -2.27. The van der Waals surface area contributed by atoms with Gasteiger partial charge in [-0.05, 0) is 12.8 Å². The zero-order valence-electron chi connectivity index (χ0n) is 35.4. The number of carbonyl (C=O) groups excluding carboxylic acids is 2. The SMILES string of the molecule is CCCCCCCCCCCCCCCCCCCCC(=O)NCCOP(=O)(O)OCC(O)COC(=O)CCCCCCCCCCCCCCCCC. The molecule has 0 aromatic carbocycles. The third kappa shape index (κ3) is 42.2. The first-order valence-corrected chi connectivity index (χ1v) is 24.5. The van der Waals surface area contributed by atoms with E-state index in [0.29, 0.717) is 12.8 Å². The average Bonchev–Trinajstić information content (AvgIpc) is 3.16. The smallest absolute Gasteiger partial charge is 0.463 e. The number of phosphoric acid groups is 1. The summed E-state index contributed by atoms with van der Waals surface area (Å²) in [6.07, 6.45) is 41.7. The molecule has 0 bridgehead atoms. The molecule has 2 unspecified atom stereocenters. The molecule has 0 saturated heterocycles. The molecule has 10 heteroatoms. The Labute approximate surface area is 333 Å². The van der Waals surface area contributed by atoms with Crippen LogP contribution in [0.1, 0.15) is 239 Å². The maximum atomic E-state index is 12.1. The molecule has 3 N–H and O–H groups in total. The van der Waals surface area contributed by atoms with E-state index in [9.17, 15) is 24.2 Å². The summed E-state index contributed by atoms with van der Waals surface area (Å²) in [6, 6.07) is 0. The first-order chi connectivity index (χ1) is 26.3. The number of unbranched alkanes of at least 4 members (excludes halogenated alkanes) is 31. The highest BCUT2D eigenvalue weighted by Crippen LogP contribution is 2.42. The molecule has 0 aromatic rings. The predicted molar refractivity (Wildman–Crippen MR) is 225 cm³/mol. The molecule has 1 amide bonds. The number of carbonyl (C=O) groups is 2. The van der Waals surface area contributed by atoms with E-state index in [4.69, 9.17) is 13.8 Å². The van der Waals surface area contributed by atoms with Crippen LogP contribution in [-0.4, -0.2) is 54.3 Å². The fourth-order valence-corrected chi connectivity index (χ4v) is 7.55. The number of aliphatic hydroxyl groups is 1. The molecule has 2 atom stereocenters. The van der Waals surface area contributed by atoms with Gasteiger partial charge in [-0.3, -0.25) is 18.6 Å². The molecule has 0 aliphatic heterocycles. The average molecular weight is 790 g/mol. The van der Waals surface area contributed by atoms with E-state index in [1.54, 1.807) is 0 Å². The van der Waals surface area contributed by atoms with Crippen molar-refractivity contribution in [1.82, 2.24) is 5.32 Å². The van der Waals surface area contributed by atoms with Crippen LogP contribution in [0.15, 0.2) is 0 Å². The highest BCUT2D eigenvalue weighted by Gasteiger charge is 2.23. The van der Waals surface area contributed by atoms with Gasteiger partial charge in [-0.1, -0.05) is 213 Å². The molecule has 0 aromatic heterocycles. The molecule has 0 heterocycles. The Morgan fingerprint density at radius 3 is 1.20 bits per heavy atom. The summed E-state index contributed by atoms with van der Waals surface area (Å²) in [5, 5.41) is 12.7. The summed E-state index contributed by atoms with van der Waals surface area (Å²) in [6.45, 7) is 3.60. The number of nitrogens with one attached hydrogen (secondary N) is 1.